The van der Waals surface area contributed by atoms with Gasteiger partial charge in [-0.25, -0.2) is 8.42 Å². The number of methoxy groups -OCH3 is 2. The summed E-state index contributed by atoms with van der Waals surface area (Å²) in [4.78, 5) is 29.4. The summed E-state index contributed by atoms with van der Waals surface area (Å²) < 4.78 is 40.2. The van der Waals surface area contributed by atoms with Crippen LogP contribution in [-0.4, -0.2) is 58.5 Å². The number of nitrogens with zero attached hydrogens (tertiary/aromatic N) is 2. The lowest BCUT2D eigenvalue weighted by Gasteiger charge is -2.34. The van der Waals surface area contributed by atoms with E-state index in [-0.39, 0.29) is 34.3 Å². The first-order valence-electron chi connectivity index (χ1n) is 14.5. The molecule has 1 N–H and O–H groups in total. The quantitative estimate of drug-likeness (QED) is 0.157. The Morgan fingerprint density at radius 3 is 2.11 bits per heavy atom. The van der Waals surface area contributed by atoms with Crippen molar-refractivity contribution in [2.75, 3.05) is 31.6 Å². The number of benzene rings is 4. The van der Waals surface area contributed by atoms with Crippen LogP contribution in [0.15, 0.2) is 95.9 Å². The fourth-order valence-corrected chi connectivity index (χ4v) is 6.80. The number of rotatable bonds is 14. The smallest absolute Gasteiger partial charge is 0.264 e. The van der Waals surface area contributed by atoms with Crippen LogP contribution in [0.3, 0.4) is 0 Å². The maximum absolute atomic E-state index is 14.5. The highest BCUT2D eigenvalue weighted by atomic mass is 35.5. The van der Waals surface area contributed by atoms with E-state index < -0.39 is 34.4 Å². The van der Waals surface area contributed by atoms with Crippen molar-refractivity contribution in [3.8, 4) is 11.5 Å². The van der Waals surface area contributed by atoms with Crippen molar-refractivity contribution in [2.45, 2.75) is 30.8 Å². The fraction of sp³-hybridized carbons (Fsp3) is 0.235. The zero-order valence-electron chi connectivity index (χ0n) is 26.0. The van der Waals surface area contributed by atoms with Crippen LogP contribution < -0.4 is 19.1 Å². The molecule has 248 valence electrons. The maximum Gasteiger partial charge on any atom is 0.264 e. The van der Waals surface area contributed by atoms with Gasteiger partial charge in [0.25, 0.3) is 10.0 Å². The average Bonchev–Trinajstić information content (AvgIpc) is 3.07. The SMILES string of the molecule is CCNC(=O)[C@@H](Cc1ccccc1)N(Cc1ccc(Cl)c(Cl)c1)C(=O)CN(c1ccc(Cl)cc1)S(=O)(=O)c1ccc(OC)c(OC)c1. The van der Waals surface area contributed by atoms with E-state index >= 15 is 0 Å². The summed E-state index contributed by atoms with van der Waals surface area (Å²) in [6, 6.07) is 23.4. The van der Waals surface area contributed by atoms with Crippen LogP contribution in [-0.2, 0) is 32.6 Å². The molecule has 0 saturated carbocycles. The first-order chi connectivity index (χ1) is 22.5. The normalized spacial score (nSPS) is 11.8. The van der Waals surface area contributed by atoms with Crippen LogP contribution in [0, 0.1) is 0 Å². The molecule has 0 aliphatic rings. The molecule has 4 rings (SSSR count). The van der Waals surface area contributed by atoms with E-state index in [0.29, 0.717) is 27.9 Å². The number of sulfonamides is 1. The number of carbonyl (C=O) groups is 2. The van der Waals surface area contributed by atoms with Gasteiger partial charge in [-0.05, 0) is 66.6 Å². The second-order valence-electron chi connectivity index (χ2n) is 10.4. The molecule has 0 unspecified atom stereocenters. The van der Waals surface area contributed by atoms with Crippen LogP contribution >= 0.6 is 34.8 Å². The van der Waals surface area contributed by atoms with Gasteiger partial charge in [0.1, 0.15) is 12.6 Å². The van der Waals surface area contributed by atoms with E-state index in [9.17, 15) is 18.0 Å². The van der Waals surface area contributed by atoms with Gasteiger partial charge in [-0.2, -0.15) is 0 Å². The highest BCUT2D eigenvalue weighted by molar-refractivity contribution is 7.92. The van der Waals surface area contributed by atoms with Gasteiger partial charge in [-0.3, -0.25) is 13.9 Å². The molecule has 4 aromatic rings. The second-order valence-corrected chi connectivity index (χ2v) is 13.5. The number of halogens is 3. The van der Waals surface area contributed by atoms with Gasteiger partial charge in [0.05, 0.1) is 34.8 Å². The third-order valence-electron chi connectivity index (χ3n) is 7.30. The van der Waals surface area contributed by atoms with Gasteiger partial charge in [-0.15, -0.1) is 0 Å². The molecule has 0 aliphatic heterocycles. The summed E-state index contributed by atoms with van der Waals surface area (Å²) in [5.74, 6) is -0.511. The van der Waals surface area contributed by atoms with Crippen molar-refractivity contribution >= 4 is 62.3 Å². The largest absolute Gasteiger partial charge is 0.493 e. The van der Waals surface area contributed by atoms with Crippen molar-refractivity contribution < 1.29 is 27.5 Å². The topological polar surface area (TPSA) is 105 Å². The summed E-state index contributed by atoms with van der Waals surface area (Å²) in [5, 5.41) is 3.80. The van der Waals surface area contributed by atoms with Crippen LogP contribution in [0.1, 0.15) is 18.1 Å². The van der Waals surface area contributed by atoms with Gasteiger partial charge in [0.15, 0.2) is 11.5 Å². The molecule has 0 spiro atoms. The summed E-state index contributed by atoms with van der Waals surface area (Å²) in [7, 11) is -1.55. The zero-order chi connectivity index (χ0) is 34.1. The van der Waals surface area contributed by atoms with Crippen LogP contribution in [0.25, 0.3) is 0 Å². The van der Waals surface area contributed by atoms with Crippen molar-refractivity contribution in [3.63, 3.8) is 0 Å². The highest BCUT2D eigenvalue weighted by Crippen LogP contribution is 2.33. The van der Waals surface area contributed by atoms with E-state index in [4.69, 9.17) is 44.3 Å². The number of anilines is 1. The molecule has 0 bridgehead atoms. The predicted molar refractivity (Wildman–Crippen MR) is 185 cm³/mol. The Hall–Kier alpha value is -3.96. The molecule has 47 heavy (non-hydrogen) atoms. The Kier molecular flexibility index (Phi) is 12.4. The molecule has 0 radical (unpaired) electrons. The number of nitrogens with one attached hydrogen (secondary N) is 1. The minimum Gasteiger partial charge on any atom is -0.493 e. The van der Waals surface area contributed by atoms with E-state index in [2.05, 4.69) is 5.32 Å². The minimum absolute atomic E-state index is 0.0603. The lowest BCUT2D eigenvalue weighted by Crippen LogP contribution is -2.53. The average molecular weight is 719 g/mol. The van der Waals surface area contributed by atoms with E-state index in [0.717, 1.165) is 9.87 Å². The summed E-state index contributed by atoms with van der Waals surface area (Å²) >= 11 is 18.6. The number of likely N-dealkylation sites (N-methyl/N-ethyl adjacent to an activating group) is 1. The zero-order valence-corrected chi connectivity index (χ0v) is 29.0. The van der Waals surface area contributed by atoms with Gasteiger partial charge in [-0.1, -0.05) is 71.2 Å². The fourth-order valence-electron chi connectivity index (χ4n) is 4.92. The van der Waals surface area contributed by atoms with Crippen LogP contribution in [0.4, 0.5) is 5.69 Å². The molecular weight excluding hydrogens is 685 g/mol. The first kappa shape index (κ1) is 35.9. The van der Waals surface area contributed by atoms with Crippen LogP contribution in [0.2, 0.25) is 15.1 Å². The number of ether oxygens (including phenoxy) is 2. The summed E-state index contributed by atoms with van der Waals surface area (Å²) in [5.41, 5.74) is 1.59. The van der Waals surface area contributed by atoms with Gasteiger partial charge in [0.2, 0.25) is 11.8 Å². The molecule has 2 amide bonds. The molecule has 0 aliphatic carbocycles. The standard InChI is InChI=1S/C34H34Cl3N3O6S/c1-4-38-34(42)30(19-23-8-6-5-7-9-23)39(21-24-10-16-28(36)29(37)18-24)33(41)22-40(26-13-11-25(35)12-14-26)47(43,44)27-15-17-31(45-2)32(20-27)46-3/h5-18,20,30H,4,19,21-22H2,1-3H3,(H,38,42)/t30-/m1/s1. The molecule has 0 aromatic heterocycles. The number of amides is 2. The maximum atomic E-state index is 14.5. The third-order valence-corrected chi connectivity index (χ3v) is 10.1. The second kappa shape index (κ2) is 16.2. The summed E-state index contributed by atoms with van der Waals surface area (Å²) in [6.45, 7) is 1.39. The lowest BCUT2D eigenvalue weighted by atomic mass is 10.0. The van der Waals surface area contributed by atoms with Gasteiger partial charge < -0.3 is 19.7 Å². The van der Waals surface area contributed by atoms with E-state index in [1.807, 2.05) is 30.3 Å². The van der Waals surface area contributed by atoms with Gasteiger partial charge in [0, 0.05) is 30.6 Å². The Morgan fingerprint density at radius 2 is 1.49 bits per heavy atom. The van der Waals surface area contributed by atoms with Crippen molar-refractivity contribution in [1.29, 1.82) is 0 Å². The number of carbonyl (C=O) groups excluding carboxylic acids is 2. The number of hydrogen-bond donors (Lipinski definition) is 1. The molecule has 0 fully saturated rings. The minimum atomic E-state index is -4.39. The molecular formula is C34H34Cl3N3O6S. The van der Waals surface area contributed by atoms with Crippen LogP contribution in [0.5, 0.6) is 11.5 Å². The third kappa shape index (κ3) is 8.90. The lowest BCUT2D eigenvalue weighted by molar-refractivity contribution is -0.140. The highest BCUT2D eigenvalue weighted by Gasteiger charge is 2.35. The van der Waals surface area contributed by atoms with Crippen molar-refractivity contribution in [1.82, 2.24) is 10.2 Å². The molecule has 0 saturated heterocycles. The number of hydrogen-bond acceptors (Lipinski definition) is 6. The van der Waals surface area contributed by atoms with Crippen molar-refractivity contribution in [3.05, 3.63) is 117 Å². The molecule has 9 nitrogen and oxygen atoms in total. The molecule has 0 heterocycles. The Bertz CT molecular complexity index is 1810. The Morgan fingerprint density at radius 1 is 0.809 bits per heavy atom. The van der Waals surface area contributed by atoms with E-state index in [1.165, 1.54) is 61.6 Å². The van der Waals surface area contributed by atoms with Gasteiger partial charge >= 0.3 is 0 Å². The first-order valence-corrected chi connectivity index (χ1v) is 17.1. The molecule has 4 aromatic carbocycles. The Balaban J connectivity index is 1.83. The molecule has 1 atom stereocenters. The Labute approximate surface area is 290 Å². The predicted octanol–water partition coefficient (Wildman–Crippen LogP) is 6.64. The monoisotopic (exact) mass is 717 g/mol. The summed E-state index contributed by atoms with van der Waals surface area (Å²) in [6.07, 6.45) is 0.170. The molecule has 13 heteroatoms. The van der Waals surface area contributed by atoms with Crippen molar-refractivity contribution in [2.24, 2.45) is 0 Å². The van der Waals surface area contributed by atoms with E-state index in [1.54, 1.807) is 25.1 Å².